The van der Waals surface area contributed by atoms with E-state index in [1.54, 1.807) is 11.8 Å². The Labute approximate surface area is 110 Å². The lowest BCUT2D eigenvalue weighted by Crippen LogP contribution is -2.38. The summed E-state index contributed by atoms with van der Waals surface area (Å²) in [7, 11) is 0. The third-order valence-electron chi connectivity index (χ3n) is 2.20. The number of amides is 1. The molecule has 1 N–H and O–H groups in total. The molecule has 1 amide bonds. The van der Waals surface area contributed by atoms with Gasteiger partial charge in [0, 0.05) is 19.7 Å². The van der Waals surface area contributed by atoms with Gasteiger partial charge < -0.3 is 10.0 Å². The first kappa shape index (κ1) is 16.8. The average molecular weight is 261 g/mol. The van der Waals surface area contributed by atoms with Crippen LogP contribution in [0.25, 0.3) is 0 Å². The lowest BCUT2D eigenvalue weighted by Gasteiger charge is -2.26. The summed E-state index contributed by atoms with van der Waals surface area (Å²) in [5.74, 6) is 2.66. The molecule has 0 heterocycles. The fourth-order valence-corrected chi connectivity index (χ4v) is 2.41. The van der Waals surface area contributed by atoms with Gasteiger partial charge in [-0.1, -0.05) is 27.7 Å². The number of hydrogen-bond acceptors (Lipinski definition) is 3. The summed E-state index contributed by atoms with van der Waals surface area (Å²) in [6.07, 6.45) is 0.770. The molecule has 0 spiro atoms. The predicted octanol–water partition coefficient (Wildman–Crippen LogP) is 2.24. The van der Waals surface area contributed by atoms with Crippen molar-refractivity contribution in [2.45, 2.75) is 34.1 Å². The smallest absolute Gasteiger partial charge is 0.232 e. The maximum atomic E-state index is 12.0. The highest BCUT2D eigenvalue weighted by Crippen LogP contribution is 2.09. The van der Waals surface area contributed by atoms with E-state index in [1.165, 1.54) is 0 Å². The molecule has 4 heteroatoms. The van der Waals surface area contributed by atoms with E-state index < -0.39 is 0 Å². The molecule has 0 aliphatic rings. The average Bonchev–Trinajstić information content (AvgIpc) is 2.22. The van der Waals surface area contributed by atoms with Crippen LogP contribution in [0.5, 0.6) is 0 Å². The summed E-state index contributed by atoms with van der Waals surface area (Å²) in [5.41, 5.74) is 0. The number of aliphatic hydroxyl groups is 1. The molecule has 0 fully saturated rings. The van der Waals surface area contributed by atoms with Crippen LogP contribution in [-0.2, 0) is 4.79 Å². The largest absolute Gasteiger partial charge is 0.396 e. The lowest BCUT2D eigenvalue weighted by atomic mass is 10.1. The van der Waals surface area contributed by atoms with E-state index in [1.807, 2.05) is 4.90 Å². The van der Waals surface area contributed by atoms with Crippen molar-refractivity contribution >= 4 is 17.7 Å². The van der Waals surface area contributed by atoms with Gasteiger partial charge in [0.05, 0.1) is 5.75 Å². The Balaban J connectivity index is 4.03. The van der Waals surface area contributed by atoms with Crippen molar-refractivity contribution in [1.82, 2.24) is 4.90 Å². The molecule has 0 aromatic heterocycles. The highest BCUT2D eigenvalue weighted by atomic mass is 32.2. The molecule has 3 nitrogen and oxygen atoms in total. The number of carbonyl (C=O) groups excluding carboxylic acids is 1. The molecule has 17 heavy (non-hydrogen) atoms. The number of aliphatic hydroxyl groups excluding tert-OH is 1. The van der Waals surface area contributed by atoms with Crippen LogP contribution in [0.4, 0.5) is 0 Å². The fourth-order valence-electron chi connectivity index (χ4n) is 1.58. The summed E-state index contributed by atoms with van der Waals surface area (Å²) in [6, 6.07) is 0. The van der Waals surface area contributed by atoms with Crippen molar-refractivity contribution < 1.29 is 9.90 Å². The first-order valence-electron chi connectivity index (χ1n) is 6.43. The second kappa shape index (κ2) is 9.77. The summed E-state index contributed by atoms with van der Waals surface area (Å²) < 4.78 is 0. The molecule has 0 atom stereocenters. The maximum Gasteiger partial charge on any atom is 0.232 e. The Morgan fingerprint density at radius 1 is 1.18 bits per heavy atom. The third kappa shape index (κ3) is 9.48. The first-order valence-corrected chi connectivity index (χ1v) is 7.59. The zero-order valence-corrected chi connectivity index (χ0v) is 12.4. The van der Waals surface area contributed by atoms with Crippen molar-refractivity contribution in [1.29, 1.82) is 0 Å². The Bertz CT molecular complexity index is 198. The van der Waals surface area contributed by atoms with Gasteiger partial charge in [-0.05, 0) is 24.0 Å². The van der Waals surface area contributed by atoms with E-state index in [4.69, 9.17) is 5.11 Å². The molecule has 0 saturated carbocycles. The Morgan fingerprint density at radius 2 is 1.71 bits per heavy atom. The van der Waals surface area contributed by atoms with Gasteiger partial charge in [-0.2, -0.15) is 11.8 Å². The molecule has 0 bridgehead atoms. The summed E-state index contributed by atoms with van der Waals surface area (Å²) in [6.45, 7) is 10.5. The molecule has 0 aliphatic carbocycles. The van der Waals surface area contributed by atoms with E-state index in [-0.39, 0.29) is 12.5 Å². The van der Waals surface area contributed by atoms with Gasteiger partial charge in [0.25, 0.3) is 0 Å². The SMILES string of the molecule is CC(C)CN(CC(C)C)C(=O)CSCCCO. The molecule has 102 valence electrons. The highest BCUT2D eigenvalue weighted by molar-refractivity contribution is 7.99. The van der Waals surface area contributed by atoms with Crippen LogP contribution in [0.15, 0.2) is 0 Å². The zero-order valence-electron chi connectivity index (χ0n) is 11.6. The Kier molecular flexibility index (Phi) is 9.65. The number of thioether (sulfide) groups is 1. The standard InChI is InChI=1S/C13H27NO2S/c1-11(2)8-14(9-12(3)4)13(16)10-17-7-5-6-15/h11-12,15H,5-10H2,1-4H3. The van der Waals surface area contributed by atoms with Crippen LogP contribution in [-0.4, -0.2) is 47.1 Å². The fraction of sp³-hybridized carbons (Fsp3) is 0.923. The number of hydrogen-bond donors (Lipinski definition) is 1. The van der Waals surface area contributed by atoms with E-state index in [0.717, 1.165) is 25.3 Å². The van der Waals surface area contributed by atoms with Crippen LogP contribution in [0.2, 0.25) is 0 Å². The molecule has 0 saturated heterocycles. The Hall–Kier alpha value is -0.220. The molecular formula is C13H27NO2S. The summed E-state index contributed by atoms with van der Waals surface area (Å²) in [5, 5.41) is 8.67. The molecule has 0 aromatic carbocycles. The lowest BCUT2D eigenvalue weighted by molar-refractivity contribution is -0.129. The number of nitrogens with zero attached hydrogens (tertiary/aromatic N) is 1. The number of carbonyl (C=O) groups is 1. The topological polar surface area (TPSA) is 40.5 Å². The van der Waals surface area contributed by atoms with E-state index >= 15 is 0 Å². The molecule has 0 unspecified atom stereocenters. The van der Waals surface area contributed by atoms with Gasteiger partial charge in [0.2, 0.25) is 5.91 Å². The van der Waals surface area contributed by atoms with Crippen molar-refractivity contribution in [3.8, 4) is 0 Å². The van der Waals surface area contributed by atoms with Crippen LogP contribution < -0.4 is 0 Å². The van der Waals surface area contributed by atoms with Crippen LogP contribution in [0, 0.1) is 11.8 Å². The van der Waals surface area contributed by atoms with Crippen molar-refractivity contribution in [2.24, 2.45) is 11.8 Å². The van der Waals surface area contributed by atoms with Crippen LogP contribution >= 0.6 is 11.8 Å². The van der Waals surface area contributed by atoms with E-state index in [9.17, 15) is 4.79 Å². The molecule has 0 aromatic rings. The molecule has 0 radical (unpaired) electrons. The van der Waals surface area contributed by atoms with E-state index in [0.29, 0.717) is 17.6 Å². The molecular weight excluding hydrogens is 234 g/mol. The van der Waals surface area contributed by atoms with E-state index in [2.05, 4.69) is 27.7 Å². The van der Waals surface area contributed by atoms with Gasteiger partial charge in [-0.15, -0.1) is 0 Å². The molecule has 0 aliphatic heterocycles. The molecule has 0 rings (SSSR count). The first-order chi connectivity index (χ1) is 7.97. The van der Waals surface area contributed by atoms with Gasteiger partial charge >= 0.3 is 0 Å². The van der Waals surface area contributed by atoms with Crippen LogP contribution in [0.1, 0.15) is 34.1 Å². The zero-order chi connectivity index (χ0) is 13.3. The van der Waals surface area contributed by atoms with Gasteiger partial charge in [0.15, 0.2) is 0 Å². The van der Waals surface area contributed by atoms with Gasteiger partial charge in [-0.25, -0.2) is 0 Å². The minimum absolute atomic E-state index is 0.211. The minimum Gasteiger partial charge on any atom is -0.396 e. The normalized spacial score (nSPS) is 11.2. The maximum absolute atomic E-state index is 12.0. The quantitative estimate of drug-likeness (QED) is 0.647. The summed E-state index contributed by atoms with van der Waals surface area (Å²) >= 11 is 1.62. The minimum atomic E-state index is 0.211. The predicted molar refractivity (Wildman–Crippen MR) is 75.3 cm³/mol. The van der Waals surface area contributed by atoms with Gasteiger partial charge in [0.1, 0.15) is 0 Å². The number of rotatable bonds is 9. The summed E-state index contributed by atoms with van der Waals surface area (Å²) in [4.78, 5) is 14.0. The third-order valence-corrected chi connectivity index (χ3v) is 3.22. The van der Waals surface area contributed by atoms with Crippen molar-refractivity contribution in [3.05, 3.63) is 0 Å². The van der Waals surface area contributed by atoms with Gasteiger partial charge in [-0.3, -0.25) is 4.79 Å². The van der Waals surface area contributed by atoms with Crippen molar-refractivity contribution in [3.63, 3.8) is 0 Å². The van der Waals surface area contributed by atoms with Crippen molar-refractivity contribution in [2.75, 3.05) is 31.2 Å². The monoisotopic (exact) mass is 261 g/mol. The second-order valence-electron chi connectivity index (χ2n) is 5.22. The van der Waals surface area contributed by atoms with Crippen LogP contribution in [0.3, 0.4) is 0 Å². The second-order valence-corrected chi connectivity index (χ2v) is 6.32. The highest BCUT2D eigenvalue weighted by Gasteiger charge is 2.15. The Morgan fingerprint density at radius 3 is 2.12 bits per heavy atom.